The number of allylic oxidation sites excluding steroid dienone is 4. The largest absolute Gasteiger partial charge is 1.00 e. The van der Waals surface area contributed by atoms with Crippen LogP contribution < -0.4 is 24.0 Å². The Bertz CT molecular complexity index is 307. The van der Waals surface area contributed by atoms with E-state index >= 15 is 0 Å². The molecule has 0 radical (unpaired) electrons. The van der Waals surface area contributed by atoms with E-state index in [9.17, 15) is 9.90 Å². The first-order valence-electron chi connectivity index (χ1n) is 8.88. The summed E-state index contributed by atoms with van der Waals surface area (Å²) in [7, 11) is 0. The number of nitrogens with zero attached hydrogens (tertiary/aromatic N) is 1. The van der Waals surface area contributed by atoms with Crippen molar-refractivity contribution in [2.45, 2.75) is 78.2 Å². The van der Waals surface area contributed by atoms with Crippen LogP contribution in [0.25, 0.3) is 0 Å². The van der Waals surface area contributed by atoms with Gasteiger partial charge in [0.05, 0.1) is 5.97 Å². The van der Waals surface area contributed by atoms with Gasteiger partial charge in [-0.05, 0) is 71.4 Å². The number of aliphatic carboxylic acids is 1. The van der Waals surface area contributed by atoms with E-state index in [0.717, 1.165) is 64.5 Å². The zero-order chi connectivity index (χ0) is 16.6. The second-order valence-corrected chi connectivity index (χ2v) is 5.78. The zero-order valence-corrected chi connectivity index (χ0v) is 15.7. The molecule has 0 aromatic carbocycles. The van der Waals surface area contributed by atoms with Crippen molar-refractivity contribution in [2.75, 3.05) is 13.1 Å². The fraction of sp³-hybridized carbons (Fsp3) is 0.737. The fourth-order valence-corrected chi connectivity index (χ4v) is 2.37. The van der Waals surface area contributed by atoms with Crippen LogP contribution in [0.1, 0.15) is 72.1 Å². The molecular weight excluding hydrogens is 281 g/mol. The van der Waals surface area contributed by atoms with Gasteiger partial charge in [0.15, 0.2) is 0 Å². The maximum absolute atomic E-state index is 11.1. The number of rotatable bonds is 14. The summed E-state index contributed by atoms with van der Waals surface area (Å²) in [6, 6.07) is -0.489. The maximum atomic E-state index is 11.1. The Kier molecular flexibility index (Phi) is 19.2. The van der Waals surface area contributed by atoms with E-state index in [0.29, 0.717) is 0 Å². The molecule has 0 saturated heterocycles. The summed E-state index contributed by atoms with van der Waals surface area (Å²) >= 11 is 0. The molecule has 0 fully saturated rings. The van der Waals surface area contributed by atoms with E-state index in [-0.39, 0.29) is 18.9 Å². The fourth-order valence-electron chi connectivity index (χ4n) is 2.37. The van der Waals surface area contributed by atoms with Gasteiger partial charge in [-0.25, -0.2) is 0 Å². The topological polar surface area (TPSA) is 43.4 Å². The summed E-state index contributed by atoms with van der Waals surface area (Å²) in [6.45, 7) is 7.70. The summed E-state index contributed by atoms with van der Waals surface area (Å²) in [5, 5.41) is 11.1. The SMILES string of the molecule is CC/C=C/CCCCN(CCCC/C=C/CC)C(C)C(=O)[O-].[Li+]. The number of carboxylic acid groups (broad SMARTS) is 1. The minimum atomic E-state index is -0.961. The van der Waals surface area contributed by atoms with E-state index in [4.69, 9.17) is 0 Å². The Balaban J connectivity index is 0. The molecule has 0 aliphatic heterocycles. The van der Waals surface area contributed by atoms with Crippen molar-refractivity contribution in [3.63, 3.8) is 0 Å². The van der Waals surface area contributed by atoms with E-state index < -0.39 is 12.0 Å². The van der Waals surface area contributed by atoms with Gasteiger partial charge in [0.2, 0.25) is 0 Å². The Morgan fingerprint density at radius 2 is 1.35 bits per heavy atom. The molecule has 0 N–H and O–H groups in total. The number of carbonyl (C=O) groups excluding carboxylic acids is 1. The molecule has 0 rings (SSSR count). The smallest absolute Gasteiger partial charge is 0.548 e. The third kappa shape index (κ3) is 14.8. The molecule has 128 valence electrons. The van der Waals surface area contributed by atoms with Gasteiger partial charge in [0.25, 0.3) is 0 Å². The zero-order valence-electron chi connectivity index (χ0n) is 15.7. The van der Waals surface area contributed by atoms with Crippen molar-refractivity contribution < 1.29 is 28.8 Å². The molecule has 4 heteroatoms. The number of hydrogen-bond donors (Lipinski definition) is 0. The summed E-state index contributed by atoms with van der Waals surface area (Å²) in [5.41, 5.74) is 0. The van der Waals surface area contributed by atoms with Crippen molar-refractivity contribution in [2.24, 2.45) is 0 Å². The molecule has 3 nitrogen and oxygen atoms in total. The number of hydrogen-bond acceptors (Lipinski definition) is 3. The molecule has 0 saturated carbocycles. The van der Waals surface area contributed by atoms with Crippen molar-refractivity contribution in [3.8, 4) is 0 Å². The van der Waals surface area contributed by atoms with Crippen molar-refractivity contribution in [3.05, 3.63) is 24.3 Å². The van der Waals surface area contributed by atoms with Crippen molar-refractivity contribution in [1.82, 2.24) is 4.90 Å². The molecule has 1 unspecified atom stereocenters. The van der Waals surface area contributed by atoms with Crippen LogP contribution in [-0.2, 0) is 4.79 Å². The predicted octanol–water partition coefficient (Wildman–Crippen LogP) is 0.704. The van der Waals surface area contributed by atoms with Gasteiger partial charge >= 0.3 is 18.9 Å². The molecule has 0 heterocycles. The Labute approximate surface area is 155 Å². The Morgan fingerprint density at radius 1 is 0.913 bits per heavy atom. The molecule has 23 heavy (non-hydrogen) atoms. The second kappa shape index (κ2) is 17.9. The van der Waals surface area contributed by atoms with Crippen LogP contribution in [0.4, 0.5) is 0 Å². The normalized spacial score (nSPS) is 12.9. The van der Waals surface area contributed by atoms with E-state index in [1.807, 2.05) is 0 Å². The van der Waals surface area contributed by atoms with Gasteiger partial charge in [-0.3, -0.25) is 4.90 Å². The van der Waals surface area contributed by atoms with Crippen LogP contribution in [-0.4, -0.2) is 30.0 Å². The van der Waals surface area contributed by atoms with Gasteiger partial charge in [-0.2, -0.15) is 0 Å². The second-order valence-electron chi connectivity index (χ2n) is 5.78. The number of carboxylic acids is 1. The average molecular weight is 315 g/mol. The average Bonchev–Trinajstić information content (AvgIpc) is 2.51. The van der Waals surface area contributed by atoms with E-state index in [1.165, 1.54) is 0 Å². The van der Waals surface area contributed by atoms with Gasteiger partial charge < -0.3 is 9.90 Å². The number of carbonyl (C=O) groups is 1. The van der Waals surface area contributed by atoms with Crippen LogP contribution in [0, 0.1) is 0 Å². The van der Waals surface area contributed by atoms with Crippen molar-refractivity contribution >= 4 is 5.97 Å². The van der Waals surface area contributed by atoms with E-state index in [2.05, 4.69) is 43.1 Å². The molecule has 0 aliphatic rings. The summed E-state index contributed by atoms with van der Waals surface area (Å²) < 4.78 is 0. The summed E-state index contributed by atoms with van der Waals surface area (Å²) in [5.74, 6) is -0.961. The monoisotopic (exact) mass is 315 g/mol. The molecule has 0 bridgehead atoms. The predicted molar refractivity (Wildman–Crippen MR) is 92.6 cm³/mol. The molecule has 1 atom stereocenters. The molecule has 0 aliphatic carbocycles. The van der Waals surface area contributed by atoms with Crippen LogP contribution >= 0.6 is 0 Å². The van der Waals surface area contributed by atoms with Crippen LogP contribution in [0.3, 0.4) is 0 Å². The quantitative estimate of drug-likeness (QED) is 0.269. The van der Waals surface area contributed by atoms with Gasteiger partial charge in [-0.1, -0.05) is 38.2 Å². The first-order valence-corrected chi connectivity index (χ1v) is 8.88. The summed E-state index contributed by atoms with van der Waals surface area (Å²) in [6.07, 6.45) is 17.5. The molecule has 0 aromatic rings. The third-order valence-electron chi connectivity index (χ3n) is 3.83. The van der Waals surface area contributed by atoms with Crippen LogP contribution in [0.2, 0.25) is 0 Å². The van der Waals surface area contributed by atoms with Crippen LogP contribution in [0.15, 0.2) is 24.3 Å². The van der Waals surface area contributed by atoms with Gasteiger partial charge in [0.1, 0.15) is 0 Å². The van der Waals surface area contributed by atoms with E-state index in [1.54, 1.807) is 6.92 Å². The maximum Gasteiger partial charge on any atom is 1.00 e. The summed E-state index contributed by atoms with van der Waals surface area (Å²) in [4.78, 5) is 13.2. The molecule has 0 spiro atoms. The molecular formula is C19H34LiNO2. The minimum absolute atomic E-state index is 0. The van der Waals surface area contributed by atoms with Gasteiger partial charge in [-0.15, -0.1) is 0 Å². The Morgan fingerprint density at radius 3 is 1.70 bits per heavy atom. The number of unbranched alkanes of at least 4 members (excludes halogenated alkanes) is 4. The standard InChI is InChI=1S/C19H35NO2.Li/c1-4-6-8-10-12-14-16-20(18(3)19(21)22)17-15-13-11-9-7-5-2;/h6-9,18H,4-5,10-17H2,1-3H3,(H,21,22);/q;+1/p-1/b8-6+,9-7+;. The van der Waals surface area contributed by atoms with Crippen LogP contribution in [0.5, 0.6) is 0 Å². The first-order chi connectivity index (χ1) is 10.6. The third-order valence-corrected chi connectivity index (χ3v) is 3.83. The minimum Gasteiger partial charge on any atom is -0.548 e. The molecule has 0 amide bonds. The molecule has 0 aromatic heterocycles. The van der Waals surface area contributed by atoms with Gasteiger partial charge in [0, 0.05) is 6.04 Å². The first kappa shape index (κ1) is 24.8. The van der Waals surface area contributed by atoms with Crippen molar-refractivity contribution in [1.29, 1.82) is 0 Å². The Hall–Kier alpha value is -0.493.